The van der Waals surface area contributed by atoms with E-state index in [2.05, 4.69) is 9.47 Å². The number of hydrogen-bond acceptors (Lipinski definition) is 7. The average molecular weight is 222 g/mol. The molecule has 0 radical (unpaired) electrons. The number of aliphatic hydroxyl groups is 3. The monoisotopic (exact) mass is 222 g/mol. The fourth-order valence-corrected chi connectivity index (χ4v) is 0.702. The molecule has 1 atom stereocenters. The smallest absolute Gasteiger partial charge is 0.335 e. The van der Waals surface area contributed by atoms with Crippen molar-refractivity contribution in [2.45, 2.75) is 12.5 Å². The van der Waals surface area contributed by atoms with Crippen molar-refractivity contribution in [2.75, 3.05) is 26.4 Å². The molecule has 0 spiro atoms. The maximum Gasteiger partial charge on any atom is 0.335 e. The van der Waals surface area contributed by atoms with Crippen molar-refractivity contribution in [3.05, 3.63) is 0 Å². The molecule has 0 aromatic heterocycles. The van der Waals surface area contributed by atoms with Gasteiger partial charge in [-0.1, -0.05) is 0 Å². The van der Waals surface area contributed by atoms with Crippen molar-refractivity contribution in [3.63, 3.8) is 0 Å². The number of carbonyl (C=O) groups is 2. The summed E-state index contributed by atoms with van der Waals surface area (Å²) in [5, 5.41) is 25.7. The summed E-state index contributed by atoms with van der Waals surface area (Å²) < 4.78 is 8.77. The van der Waals surface area contributed by atoms with Crippen LogP contribution in [-0.4, -0.2) is 59.8 Å². The van der Waals surface area contributed by atoms with Gasteiger partial charge in [0.1, 0.15) is 13.2 Å². The van der Waals surface area contributed by atoms with Crippen molar-refractivity contribution >= 4 is 11.9 Å². The molecule has 0 rings (SSSR count). The Kier molecular flexibility index (Phi) is 7.51. The zero-order valence-electron chi connectivity index (χ0n) is 8.09. The zero-order chi connectivity index (χ0) is 11.7. The lowest BCUT2D eigenvalue weighted by atomic mass is 10.2. The summed E-state index contributed by atoms with van der Waals surface area (Å²) >= 11 is 0. The largest absolute Gasteiger partial charge is 0.463 e. The van der Waals surface area contributed by atoms with E-state index in [1.807, 2.05) is 0 Å². The van der Waals surface area contributed by atoms with Gasteiger partial charge < -0.3 is 24.8 Å². The van der Waals surface area contributed by atoms with Gasteiger partial charge in [-0.2, -0.15) is 0 Å². The Morgan fingerprint density at radius 3 is 2.13 bits per heavy atom. The number of aliphatic hydroxyl groups excluding tert-OH is 3. The summed E-state index contributed by atoms with van der Waals surface area (Å²) in [5.41, 5.74) is 0. The maximum absolute atomic E-state index is 10.9. The molecule has 7 heteroatoms. The summed E-state index contributed by atoms with van der Waals surface area (Å²) in [6.07, 6.45) is -2.15. The van der Waals surface area contributed by atoms with Crippen molar-refractivity contribution in [2.24, 2.45) is 0 Å². The van der Waals surface area contributed by atoms with Crippen LogP contribution in [0.3, 0.4) is 0 Å². The highest BCUT2D eigenvalue weighted by Crippen LogP contribution is 1.97. The van der Waals surface area contributed by atoms with Crippen LogP contribution in [0.5, 0.6) is 0 Å². The van der Waals surface area contributed by atoms with Crippen molar-refractivity contribution in [1.82, 2.24) is 0 Å². The fourth-order valence-electron chi connectivity index (χ4n) is 0.702. The average Bonchev–Trinajstić information content (AvgIpc) is 2.22. The molecule has 0 aliphatic heterocycles. The lowest BCUT2D eigenvalue weighted by molar-refractivity contribution is -0.161. The molecule has 0 aromatic carbocycles. The molecule has 0 aliphatic carbocycles. The minimum Gasteiger partial charge on any atom is -0.463 e. The highest BCUT2D eigenvalue weighted by molar-refractivity contribution is 5.81. The molecule has 7 nitrogen and oxygen atoms in total. The Hall–Kier alpha value is -1.18. The number of hydrogen-bond donors (Lipinski definition) is 3. The van der Waals surface area contributed by atoms with Gasteiger partial charge in [-0.3, -0.25) is 4.79 Å². The van der Waals surface area contributed by atoms with E-state index in [1.54, 1.807) is 0 Å². The van der Waals surface area contributed by atoms with Crippen LogP contribution in [-0.2, 0) is 19.1 Å². The molecule has 0 amide bonds. The molecule has 0 aromatic rings. The van der Waals surface area contributed by atoms with Crippen LogP contribution in [0.25, 0.3) is 0 Å². The first kappa shape index (κ1) is 13.8. The van der Waals surface area contributed by atoms with Gasteiger partial charge in [0, 0.05) is 0 Å². The predicted molar refractivity (Wildman–Crippen MR) is 46.7 cm³/mol. The van der Waals surface area contributed by atoms with E-state index in [4.69, 9.17) is 15.3 Å². The van der Waals surface area contributed by atoms with Gasteiger partial charge in [0.2, 0.25) is 0 Å². The SMILES string of the molecule is O=C(CC(O)C(=O)OCCO)OCCO. The molecule has 0 heterocycles. The van der Waals surface area contributed by atoms with Crippen molar-refractivity contribution in [1.29, 1.82) is 0 Å². The minimum absolute atomic E-state index is 0.183. The quantitative estimate of drug-likeness (QED) is 0.419. The Morgan fingerprint density at radius 2 is 1.60 bits per heavy atom. The first-order valence-electron chi connectivity index (χ1n) is 4.33. The first-order valence-corrected chi connectivity index (χ1v) is 4.33. The number of rotatable bonds is 7. The summed E-state index contributed by atoms with van der Waals surface area (Å²) in [4.78, 5) is 21.7. The van der Waals surface area contributed by atoms with Gasteiger partial charge in [0.15, 0.2) is 6.10 Å². The van der Waals surface area contributed by atoms with E-state index >= 15 is 0 Å². The second-order valence-corrected chi connectivity index (χ2v) is 2.56. The fraction of sp³-hybridized carbons (Fsp3) is 0.750. The molecule has 1 unspecified atom stereocenters. The van der Waals surface area contributed by atoms with Crippen LogP contribution < -0.4 is 0 Å². The lowest BCUT2D eigenvalue weighted by Gasteiger charge is -2.09. The van der Waals surface area contributed by atoms with Gasteiger partial charge in [0.05, 0.1) is 19.6 Å². The summed E-state index contributed by atoms with van der Waals surface area (Å²) in [5.74, 6) is -1.80. The second-order valence-electron chi connectivity index (χ2n) is 2.56. The molecular formula is C8H14O7. The topological polar surface area (TPSA) is 113 Å². The molecule has 0 bridgehead atoms. The van der Waals surface area contributed by atoms with Crippen molar-refractivity contribution < 1.29 is 34.4 Å². The van der Waals surface area contributed by atoms with E-state index < -0.39 is 24.5 Å². The Morgan fingerprint density at radius 1 is 1.07 bits per heavy atom. The molecule has 0 aliphatic rings. The second kappa shape index (κ2) is 8.16. The Bertz CT molecular complexity index is 203. The van der Waals surface area contributed by atoms with Crippen LogP contribution in [0, 0.1) is 0 Å². The van der Waals surface area contributed by atoms with E-state index in [9.17, 15) is 9.59 Å². The highest BCUT2D eigenvalue weighted by Gasteiger charge is 2.20. The van der Waals surface area contributed by atoms with Gasteiger partial charge in [0.25, 0.3) is 0 Å². The van der Waals surface area contributed by atoms with E-state index in [-0.39, 0.29) is 26.4 Å². The first-order chi connectivity index (χ1) is 7.11. The van der Waals surface area contributed by atoms with E-state index in [1.165, 1.54) is 0 Å². The summed E-state index contributed by atoms with van der Waals surface area (Å²) in [6.45, 7) is -1.09. The molecule has 15 heavy (non-hydrogen) atoms. The summed E-state index contributed by atoms with van der Waals surface area (Å²) in [7, 11) is 0. The van der Waals surface area contributed by atoms with Crippen molar-refractivity contribution in [3.8, 4) is 0 Å². The third kappa shape index (κ3) is 6.83. The van der Waals surface area contributed by atoms with Gasteiger partial charge >= 0.3 is 11.9 Å². The third-order valence-corrected chi connectivity index (χ3v) is 1.32. The van der Waals surface area contributed by atoms with Crippen LogP contribution in [0.2, 0.25) is 0 Å². The third-order valence-electron chi connectivity index (χ3n) is 1.32. The normalized spacial score (nSPS) is 11.9. The maximum atomic E-state index is 10.9. The Labute approximate surface area is 86.2 Å². The number of carbonyl (C=O) groups excluding carboxylic acids is 2. The van der Waals surface area contributed by atoms with Gasteiger partial charge in [-0.15, -0.1) is 0 Å². The molecule has 0 saturated carbocycles. The number of esters is 2. The standard InChI is InChI=1S/C8H14O7/c9-1-3-14-7(12)5-6(11)8(13)15-4-2-10/h6,9-11H,1-5H2. The Balaban J connectivity index is 3.75. The van der Waals surface area contributed by atoms with Crippen LogP contribution in [0.1, 0.15) is 6.42 Å². The lowest BCUT2D eigenvalue weighted by Crippen LogP contribution is -2.28. The highest BCUT2D eigenvalue weighted by atomic mass is 16.6. The van der Waals surface area contributed by atoms with Crippen LogP contribution >= 0.6 is 0 Å². The van der Waals surface area contributed by atoms with E-state index in [0.717, 1.165) is 0 Å². The minimum atomic E-state index is -1.61. The molecule has 3 N–H and O–H groups in total. The molecule has 0 fully saturated rings. The molecule has 0 saturated heterocycles. The molecule has 88 valence electrons. The number of ether oxygens (including phenoxy) is 2. The van der Waals surface area contributed by atoms with E-state index in [0.29, 0.717) is 0 Å². The van der Waals surface area contributed by atoms with Crippen LogP contribution in [0.15, 0.2) is 0 Å². The van der Waals surface area contributed by atoms with Gasteiger partial charge in [-0.05, 0) is 0 Å². The van der Waals surface area contributed by atoms with Crippen LogP contribution in [0.4, 0.5) is 0 Å². The van der Waals surface area contributed by atoms with Gasteiger partial charge in [-0.25, -0.2) is 4.79 Å². The molecular weight excluding hydrogens is 208 g/mol. The predicted octanol–water partition coefficient (Wildman–Crippen LogP) is -2.19. The summed E-state index contributed by atoms with van der Waals surface area (Å²) in [6, 6.07) is 0. The zero-order valence-corrected chi connectivity index (χ0v) is 8.09.